The Morgan fingerprint density at radius 3 is 2.55 bits per heavy atom. The van der Waals surface area contributed by atoms with Crippen molar-refractivity contribution in [3.63, 3.8) is 0 Å². The van der Waals surface area contributed by atoms with Crippen LogP contribution >= 0.6 is 11.6 Å². The molecule has 0 aliphatic heterocycles. The quantitative estimate of drug-likeness (QED) is 0.327. The highest BCUT2D eigenvalue weighted by molar-refractivity contribution is 6.50. The summed E-state index contributed by atoms with van der Waals surface area (Å²) < 4.78 is 0. The molecule has 7 nitrogen and oxygen atoms in total. The van der Waals surface area contributed by atoms with Gasteiger partial charge in [0.25, 0.3) is 5.97 Å². The Labute approximate surface area is 133 Å². The molecule has 10 heteroatoms. The minimum atomic E-state index is -3.41. The zero-order chi connectivity index (χ0) is 16.5. The Hall–Kier alpha value is -1.51. The highest BCUT2D eigenvalue weighted by atomic mass is 35.5. The number of anilines is 1. The van der Waals surface area contributed by atoms with E-state index < -0.39 is 11.3 Å². The van der Waals surface area contributed by atoms with Crippen molar-refractivity contribution in [1.82, 2.24) is 9.97 Å². The number of aryl methyl sites for hydroxylation is 1. The van der Waals surface area contributed by atoms with Gasteiger partial charge in [0.15, 0.2) is 0 Å². The van der Waals surface area contributed by atoms with Gasteiger partial charge in [-0.25, -0.2) is 4.98 Å². The fraction of sp³-hybridized carbons (Fsp3) is 0.250. The summed E-state index contributed by atoms with van der Waals surface area (Å²) in [6.07, 6.45) is 3.07. The second-order valence-electron chi connectivity index (χ2n) is 4.88. The van der Waals surface area contributed by atoms with Gasteiger partial charge in [-0.05, 0) is 19.1 Å². The van der Waals surface area contributed by atoms with Crippen LogP contribution < -0.4 is 5.32 Å². The monoisotopic (exact) mass is 320 g/mol. The third-order valence-corrected chi connectivity index (χ3v) is 3.39. The summed E-state index contributed by atoms with van der Waals surface area (Å²) in [5.74, 6) is -3.35. The Morgan fingerprint density at radius 1 is 1.36 bits per heavy atom. The van der Waals surface area contributed by atoms with Gasteiger partial charge in [-0.2, -0.15) is 0 Å². The molecule has 0 saturated heterocycles. The molecule has 22 heavy (non-hydrogen) atoms. The molecule has 0 aromatic carbocycles. The van der Waals surface area contributed by atoms with Crippen LogP contribution in [0.2, 0.25) is 5.02 Å². The fourth-order valence-electron chi connectivity index (χ4n) is 1.81. The van der Waals surface area contributed by atoms with E-state index in [1.807, 2.05) is 13.0 Å². The molecule has 113 valence electrons. The normalized spacial score (nSPS) is 14.5. The van der Waals surface area contributed by atoms with Gasteiger partial charge < -0.3 is 30.6 Å². The number of rotatable bonds is 5. The molecule has 1 unspecified atom stereocenters. The van der Waals surface area contributed by atoms with E-state index in [0.29, 0.717) is 10.6 Å². The predicted octanol–water partition coefficient (Wildman–Crippen LogP) is -0.485. The summed E-state index contributed by atoms with van der Waals surface area (Å²) in [6.45, 7) is 1.88. The lowest BCUT2D eigenvalue weighted by Crippen LogP contribution is -2.64. The molecule has 0 aliphatic rings. The maximum absolute atomic E-state index is 9.22. The molecule has 0 fully saturated rings. The van der Waals surface area contributed by atoms with E-state index in [-0.39, 0.29) is 13.3 Å². The molecular formula is C12H13B2ClN3O4. The van der Waals surface area contributed by atoms with Gasteiger partial charge >= 0.3 is 7.48 Å². The SMILES string of the molecule is [B]C([B]O)(Nc1cc(-c2c[nH]c(C)c2)c(Cl)cn1)C(O)(O)O. The fourth-order valence-corrected chi connectivity index (χ4v) is 2.02. The van der Waals surface area contributed by atoms with E-state index in [1.165, 1.54) is 12.3 Å². The van der Waals surface area contributed by atoms with Gasteiger partial charge in [0.2, 0.25) is 0 Å². The molecule has 3 radical (unpaired) electrons. The summed E-state index contributed by atoms with van der Waals surface area (Å²) in [5, 5.41) is 37.0. The van der Waals surface area contributed by atoms with E-state index >= 15 is 0 Å². The van der Waals surface area contributed by atoms with E-state index in [4.69, 9.17) is 24.5 Å². The molecule has 2 rings (SSSR count). The van der Waals surface area contributed by atoms with Crippen LogP contribution in [-0.2, 0) is 0 Å². The summed E-state index contributed by atoms with van der Waals surface area (Å²) in [5.41, 5.74) is 2.31. The zero-order valence-corrected chi connectivity index (χ0v) is 12.3. The number of hydrogen-bond donors (Lipinski definition) is 6. The average molecular weight is 320 g/mol. The predicted molar refractivity (Wildman–Crippen MR) is 83.2 cm³/mol. The topological polar surface area (TPSA) is 122 Å². The molecule has 6 N–H and O–H groups in total. The molecule has 0 spiro atoms. The molecular weight excluding hydrogens is 307 g/mol. The number of nitrogens with one attached hydrogen (secondary N) is 2. The summed E-state index contributed by atoms with van der Waals surface area (Å²) in [7, 11) is 5.70. The number of aromatic nitrogens is 2. The van der Waals surface area contributed by atoms with E-state index in [9.17, 15) is 15.3 Å². The molecule has 0 saturated carbocycles. The third kappa shape index (κ3) is 3.29. The lowest BCUT2D eigenvalue weighted by atomic mass is 9.56. The van der Waals surface area contributed by atoms with Crippen LogP contribution in [0.15, 0.2) is 24.5 Å². The molecule has 0 aliphatic carbocycles. The number of H-pyrrole nitrogens is 1. The average Bonchev–Trinajstić information content (AvgIpc) is 2.86. The minimum absolute atomic E-state index is 0.0626. The number of pyridine rings is 1. The molecule has 1 atom stereocenters. The maximum atomic E-state index is 9.22. The lowest BCUT2D eigenvalue weighted by Gasteiger charge is -2.36. The largest absolute Gasteiger partial charge is 0.452 e. The zero-order valence-electron chi connectivity index (χ0n) is 11.6. The van der Waals surface area contributed by atoms with Crippen LogP contribution in [0, 0.1) is 6.92 Å². The van der Waals surface area contributed by atoms with Crippen LogP contribution in [-0.4, -0.2) is 57.0 Å². The van der Waals surface area contributed by atoms with Gasteiger partial charge in [-0.15, -0.1) is 0 Å². The van der Waals surface area contributed by atoms with Gasteiger partial charge in [0.05, 0.1) is 10.4 Å². The molecule has 2 aromatic rings. The number of aromatic amines is 1. The van der Waals surface area contributed by atoms with Crippen LogP contribution in [0.5, 0.6) is 0 Å². The second kappa shape index (κ2) is 5.94. The van der Waals surface area contributed by atoms with Crippen molar-refractivity contribution in [2.45, 2.75) is 18.2 Å². The first-order valence-corrected chi connectivity index (χ1v) is 6.58. The minimum Gasteiger partial charge on any atom is -0.452 e. The summed E-state index contributed by atoms with van der Waals surface area (Å²) in [4.78, 5) is 6.93. The highest BCUT2D eigenvalue weighted by Gasteiger charge is 2.45. The van der Waals surface area contributed by atoms with Crippen LogP contribution in [0.3, 0.4) is 0 Å². The second-order valence-corrected chi connectivity index (χ2v) is 5.29. The molecule has 0 bridgehead atoms. The van der Waals surface area contributed by atoms with Gasteiger partial charge in [-0.1, -0.05) is 11.6 Å². The Bertz CT molecular complexity index is 677. The van der Waals surface area contributed by atoms with Crippen molar-refractivity contribution in [3.05, 3.63) is 35.2 Å². The van der Waals surface area contributed by atoms with Crippen molar-refractivity contribution in [1.29, 1.82) is 0 Å². The van der Waals surface area contributed by atoms with Gasteiger partial charge in [-0.3, -0.25) is 0 Å². The highest BCUT2D eigenvalue weighted by Crippen LogP contribution is 2.30. The van der Waals surface area contributed by atoms with Crippen molar-refractivity contribution < 1.29 is 20.3 Å². The number of aliphatic hydroxyl groups is 3. The van der Waals surface area contributed by atoms with E-state index in [0.717, 1.165) is 11.3 Å². The van der Waals surface area contributed by atoms with Crippen molar-refractivity contribution in [3.8, 4) is 11.1 Å². The van der Waals surface area contributed by atoms with Gasteiger partial charge in [0, 0.05) is 29.2 Å². The maximum Gasteiger partial charge on any atom is 0.313 e. The Kier molecular flexibility index (Phi) is 4.55. The van der Waals surface area contributed by atoms with Gasteiger partial charge in [0.1, 0.15) is 13.7 Å². The first-order valence-electron chi connectivity index (χ1n) is 6.20. The molecule has 0 amide bonds. The van der Waals surface area contributed by atoms with Crippen LogP contribution in [0.1, 0.15) is 5.69 Å². The van der Waals surface area contributed by atoms with Crippen molar-refractivity contribution >= 4 is 32.7 Å². The third-order valence-electron chi connectivity index (χ3n) is 3.09. The Balaban J connectivity index is 2.38. The number of hydrogen-bond acceptors (Lipinski definition) is 6. The van der Waals surface area contributed by atoms with E-state index in [2.05, 4.69) is 15.3 Å². The number of nitrogens with zero attached hydrogens (tertiary/aromatic N) is 1. The molecule has 2 heterocycles. The lowest BCUT2D eigenvalue weighted by molar-refractivity contribution is -0.317. The summed E-state index contributed by atoms with van der Waals surface area (Å²) in [6, 6.07) is 3.34. The number of halogens is 1. The smallest absolute Gasteiger partial charge is 0.313 e. The standard InChI is InChI=1S/C12H13B2ClN3O4/c1-6-2-7(4-16-6)8-3-10(17-5-9(8)15)18-11(13,14-22)12(19,20)21/h2-5,16,19-22H,1H3,(H,17,18). The first kappa shape index (κ1) is 16.9. The van der Waals surface area contributed by atoms with Crippen molar-refractivity contribution in [2.24, 2.45) is 0 Å². The molecule has 2 aromatic heterocycles. The van der Waals surface area contributed by atoms with E-state index in [1.54, 1.807) is 6.20 Å². The first-order chi connectivity index (χ1) is 10.2. The van der Waals surface area contributed by atoms with Crippen molar-refractivity contribution in [2.75, 3.05) is 5.32 Å². The van der Waals surface area contributed by atoms with Crippen LogP contribution in [0.4, 0.5) is 5.82 Å². The van der Waals surface area contributed by atoms with Crippen LogP contribution in [0.25, 0.3) is 11.1 Å². The summed E-state index contributed by atoms with van der Waals surface area (Å²) >= 11 is 6.09. The Morgan fingerprint density at radius 2 is 2.05 bits per heavy atom.